The number of fused-ring (bicyclic) bond motifs is 5. The molecule has 0 aromatic rings. The molecule has 3 heteroatoms. The van der Waals surface area contributed by atoms with Gasteiger partial charge in [0.2, 0.25) is 0 Å². The number of allylic oxidation sites excluding steroid dienone is 1. The maximum Gasteiger partial charge on any atom is 0.139 e. The summed E-state index contributed by atoms with van der Waals surface area (Å²) in [5.74, 6) is 4.94. The summed E-state index contributed by atoms with van der Waals surface area (Å²) < 4.78 is 0. The topological polar surface area (TPSA) is 49.3 Å². The van der Waals surface area contributed by atoms with Crippen LogP contribution in [0.3, 0.4) is 0 Å². The van der Waals surface area contributed by atoms with Gasteiger partial charge in [-0.2, -0.15) is 0 Å². The number of Topliss-reactive ketones (excluding diaryl/α,β-unsaturated/α-hetero) is 1. The Morgan fingerprint density at radius 1 is 1.03 bits per heavy atom. The molecule has 0 aromatic heterocycles. The van der Waals surface area contributed by atoms with E-state index in [9.17, 15) is 9.90 Å². The average Bonchev–Trinajstić information content (AvgIpc) is 3.34. The van der Waals surface area contributed by atoms with Crippen molar-refractivity contribution in [3.05, 3.63) is 12.2 Å². The first-order valence-electron chi connectivity index (χ1n) is 12.5. The highest BCUT2D eigenvalue weighted by molar-refractivity contribution is 5.87. The predicted octanol–water partition coefficient (Wildman–Crippen LogP) is 4.60. The Kier molecular flexibility index (Phi) is 5.22. The molecule has 4 saturated carbocycles. The van der Waals surface area contributed by atoms with E-state index in [0.29, 0.717) is 41.5 Å². The number of rotatable bonds is 3. The summed E-state index contributed by atoms with van der Waals surface area (Å²) in [7, 11) is 0. The zero-order valence-corrected chi connectivity index (χ0v) is 18.5. The van der Waals surface area contributed by atoms with Gasteiger partial charge in [0.05, 0.1) is 0 Å². The number of aliphatic hydroxyl groups is 1. The summed E-state index contributed by atoms with van der Waals surface area (Å²) in [6, 6.07) is 0. The molecule has 5 fully saturated rings. The highest BCUT2D eigenvalue weighted by atomic mass is 16.3. The Bertz CT molecular complexity index is 668. The van der Waals surface area contributed by atoms with E-state index in [1.807, 2.05) is 0 Å². The molecule has 5 rings (SSSR count). The van der Waals surface area contributed by atoms with E-state index in [0.717, 1.165) is 43.6 Å². The van der Waals surface area contributed by atoms with Gasteiger partial charge >= 0.3 is 0 Å². The lowest BCUT2D eigenvalue weighted by molar-refractivity contribution is -0.154. The molecule has 2 N–H and O–H groups in total. The first-order chi connectivity index (χ1) is 14.0. The molecule has 0 aromatic carbocycles. The number of carbonyl (C=O) groups excluding carboxylic acids is 1. The van der Waals surface area contributed by atoms with Crippen LogP contribution in [0.15, 0.2) is 12.2 Å². The van der Waals surface area contributed by atoms with Gasteiger partial charge in [0.25, 0.3) is 0 Å². The average molecular weight is 400 g/mol. The molecule has 1 aliphatic heterocycles. The van der Waals surface area contributed by atoms with Crippen LogP contribution in [0.1, 0.15) is 71.6 Å². The lowest BCUT2D eigenvalue weighted by Gasteiger charge is -2.62. The highest BCUT2D eigenvalue weighted by Gasteiger charge is 2.62. The normalized spacial score (nSPS) is 52.4. The van der Waals surface area contributed by atoms with Crippen molar-refractivity contribution in [1.29, 1.82) is 0 Å². The maximum atomic E-state index is 12.7. The molecule has 5 aliphatic rings. The minimum absolute atomic E-state index is 0.0902. The van der Waals surface area contributed by atoms with Crippen molar-refractivity contribution >= 4 is 5.78 Å². The summed E-state index contributed by atoms with van der Waals surface area (Å²) in [5, 5.41) is 13.9. The second kappa shape index (κ2) is 7.48. The second-order valence-corrected chi connectivity index (χ2v) is 11.8. The maximum absolute atomic E-state index is 12.7. The zero-order valence-electron chi connectivity index (χ0n) is 18.5. The van der Waals surface area contributed by atoms with Gasteiger partial charge < -0.3 is 10.4 Å². The van der Waals surface area contributed by atoms with Gasteiger partial charge in [-0.15, -0.1) is 0 Å². The number of carbonyl (C=O) groups is 1. The summed E-state index contributed by atoms with van der Waals surface area (Å²) in [6.45, 7) is 7.49. The van der Waals surface area contributed by atoms with Crippen LogP contribution >= 0.6 is 0 Å². The fourth-order valence-corrected chi connectivity index (χ4v) is 8.75. The minimum atomic E-state index is -0.0902. The molecule has 1 unspecified atom stereocenters. The lowest BCUT2D eigenvalue weighted by Crippen LogP contribution is -2.57. The molecule has 0 amide bonds. The van der Waals surface area contributed by atoms with Gasteiger partial charge in [-0.05, 0) is 105 Å². The molecule has 0 spiro atoms. The van der Waals surface area contributed by atoms with Crippen molar-refractivity contribution < 1.29 is 9.90 Å². The standard InChI is InChI=1S/C26H41NO2/c1-25-10-7-17(3-4-18-9-12-27-15-18)13-20(25)14-19(16-28)24-21-5-6-23(29)26(21,2)11-8-22(24)25/h3-4,17-22,24,27-28H,5-16H2,1-2H3/t17-,18+,19+,20?,21+,22+,24+,25+,26+/m1/s1. The van der Waals surface area contributed by atoms with Crippen molar-refractivity contribution in [2.75, 3.05) is 19.7 Å². The van der Waals surface area contributed by atoms with Gasteiger partial charge in [0.1, 0.15) is 5.78 Å². The molecule has 29 heavy (non-hydrogen) atoms. The fraction of sp³-hybridized carbons (Fsp3) is 0.885. The Morgan fingerprint density at radius 3 is 2.62 bits per heavy atom. The zero-order chi connectivity index (χ0) is 20.2. The molecule has 162 valence electrons. The number of ketones is 1. The third kappa shape index (κ3) is 3.17. The van der Waals surface area contributed by atoms with Gasteiger partial charge in [-0.3, -0.25) is 4.79 Å². The van der Waals surface area contributed by atoms with Gasteiger partial charge in [0, 0.05) is 25.0 Å². The Hall–Kier alpha value is -0.670. The van der Waals surface area contributed by atoms with Crippen LogP contribution in [-0.2, 0) is 4.79 Å². The molecule has 1 heterocycles. The summed E-state index contributed by atoms with van der Waals surface area (Å²) in [5.41, 5.74) is 0.329. The molecule has 0 radical (unpaired) electrons. The SMILES string of the molecule is C[C@]12CC[C@@H](C=C[C@H]3CCNC3)CC1C[C@@H](CO)[C@@H]1[C@@H]2CC[C@]2(C)C(=O)CC[C@@H]12. The summed E-state index contributed by atoms with van der Waals surface area (Å²) >= 11 is 0. The van der Waals surface area contributed by atoms with E-state index in [1.54, 1.807) is 0 Å². The molecule has 4 aliphatic carbocycles. The van der Waals surface area contributed by atoms with Crippen molar-refractivity contribution in [3.8, 4) is 0 Å². The van der Waals surface area contributed by atoms with Gasteiger partial charge in [-0.25, -0.2) is 0 Å². The van der Waals surface area contributed by atoms with E-state index >= 15 is 0 Å². The van der Waals surface area contributed by atoms with Gasteiger partial charge in [-0.1, -0.05) is 26.0 Å². The summed E-state index contributed by atoms with van der Waals surface area (Å²) in [4.78, 5) is 12.7. The van der Waals surface area contributed by atoms with E-state index in [-0.39, 0.29) is 5.41 Å². The monoisotopic (exact) mass is 399 g/mol. The first kappa shape index (κ1) is 20.2. The van der Waals surface area contributed by atoms with Gasteiger partial charge in [0.15, 0.2) is 0 Å². The van der Waals surface area contributed by atoms with Crippen molar-refractivity contribution in [1.82, 2.24) is 5.32 Å². The van der Waals surface area contributed by atoms with Crippen molar-refractivity contribution in [2.24, 2.45) is 52.3 Å². The number of aliphatic hydroxyl groups excluding tert-OH is 1. The van der Waals surface area contributed by atoms with E-state index < -0.39 is 0 Å². The van der Waals surface area contributed by atoms with Crippen LogP contribution in [0.5, 0.6) is 0 Å². The van der Waals surface area contributed by atoms with E-state index in [2.05, 4.69) is 31.3 Å². The highest BCUT2D eigenvalue weighted by Crippen LogP contribution is 2.67. The van der Waals surface area contributed by atoms with E-state index in [1.165, 1.54) is 45.1 Å². The molecule has 1 saturated heterocycles. The molecule has 3 nitrogen and oxygen atoms in total. The first-order valence-corrected chi connectivity index (χ1v) is 12.5. The third-order valence-corrected chi connectivity index (χ3v) is 10.6. The third-order valence-electron chi connectivity index (χ3n) is 10.6. The lowest BCUT2D eigenvalue weighted by atomic mass is 9.42. The van der Waals surface area contributed by atoms with Crippen LogP contribution in [0, 0.1) is 52.3 Å². The molecule has 9 atom stereocenters. The molecular formula is C26H41NO2. The number of nitrogens with one attached hydrogen (secondary N) is 1. The van der Waals surface area contributed by atoms with Crippen molar-refractivity contribution in [2.45, 2.75) is 71.6 Å². The van der Waals surface area contributed by atoms with Crippen molar-refractivity contribution in [3.63, 3.8) is 0 Å². The van der Waals surface area contributed by atoms with Crippen LogP contribution in [0.4, 0.5) is 0 Å². The number of hydrogen-bond acceptors (Lipinski definition) is 3. The predicted molar refractivity (Wildman–Crippen MR) is 116 cm³/mol. The van der Waals surface area contributed by atoms with E-state index in [4.69, 9.17) is 0 Å². The second-order valence-electron chi connectivity index (χ2n) is 11.8. The molecular weight excluding hydrogens is 358 g/mol. The Morgan fingerprint density at radius 2 is 1.86 bits per heavy atom. The van der Waals surface area contributed by atoms with Crippen LogP contribution in [0.25, 0.3) is 0 Å². The molecule has 0 bridgehead atoms. The summed E-state index contributed by atoms with van der Waals surface area (Å²) in [6.07, 6.45) is 15.7. The smallest absolute Gasteiger partial charge is 0.139 e. The Labute approximate surface area is 177 Å². The Balaban J connectivity index is 1.36. The van der Waals surface area contributed by atoms with Crippen LogP contribution in [-0.4, -0.2) is 30.6 Å². The van der Waals surface area contributed by atoms with Crippen LogP contribution < -0.4 is 5.32 Å². The fourth-order valence-electron chi connectivity index (χ4n) is 8.75. The van der Waals surface area contributed by atoms with Crippen LogP contribution in [0.2, 0.25) is 0 Å². The quantitative estimate of drug-likeness (QED) is 0.682. The minimum Gasteiger partial charge on any atom is -0.396 e. The largest absolute Gasteiger partial charge is 0.396 e. The number of hydrogen-bond donors (Lipinski definition) is 2.